The summed E-state index contributed by atoms with van der Waals surface area (Å²) in [6, 6.07) is 12.1. The fourth-order valence-corrected chi connectivity index (χ4v) is 3.71. The van der Waals surface area contributed by atoms with Crippen LogP contribution >= 0.6 is 22.9 Å². The second kappa shape index (κ2) is 9.43. The topological polar surface area (TPSA) is 81.2 Å². The molecule has 0 fully saturated rings. The Morgan fingerprint density at radius 1 is 1.21 bits per heavy atom. The Balaban J connectivity index is 1.71. The molecular formula is C20H18ClN3O3S. The van der Waals surface area contributed by atoms with Crippen LogP contribution in [0.5, 0.6) is 0 Å². The molecule has 3 aromatic rings. The zero-order valence-electron chi connectivity index (χ0n) is 15.1. The number of hydrogen-bond donors (Lipinski definition) is 1. The summed E-state index contributed by atoms with van der Waals surface area (Å²) in [7, 11) is 1.31. The van der Waals surface area contributed by atoms with Crippen LogP contribution in [0.25, 0.3) is 10.7 Å². The highest BCUT2D eigenvalue weighted by Gasteiger charge is 2.21. The van der Waals surface area contributed by atoms with Gasteiger partial charge in [0.1, 0.15) is 5.01 Å². The lowest BCUT2D eigenvalue weighted by molar-refractivity contribution is -0.141. The zero-order chi connectivity index (χ0) is 19.9. The van der Waals surface area contributed by atoms with Crippen LogP contribution in [0.2, 0.25) is 5.02 Å². The Hall–Kier alpha value is -2.77. The lowest BCUT2D eigenvalue weighted by atomic mass is 10.0. The number of carbonyl (C=O) groups is 2. The van der Waals surface area contributed by atoms with E-state index in [1.165, 1.54) is 18.4 Å². The second-order valence-corrected chi connectivity index (χ2v) is 7.22. The molecule has 3 rings (SSSR count). The van der Waals surface area contributed by atoms with Gasteiger partial charge < -0.3 is 10.1 Å². The van der Waals surface area contributed by atoms with E-state index in [9.17, 15) is 9.59 Å². The summed E-state index contributed by atoms with van der Waals surface area (Å²) >= 11 is 7.67. The number of thiazole rings is 1. The average molecular weight is 416 g/mol. The van der Waals surface area contributed by atoms with Crippen LogP contribution in [0.3, 0.4) is 0 Å². The van der Waals surface area contributed by atoms with Gasteiger partial charge in [0.05, 0.1) is 37.4 Å². The highest BCUT2D eigenvalue weighted by molar-refractivity contribution is 7.13. The van der Waals surface area contributed by atoms with Crippen molar-refractivity contribution in [1.29, 1.82) is 0 Å². The molecule has 0 spiro atoms. The van der Waals surface area contributed by atoms with Gasteiger partial charge in [0.25, 0.3) is 0 Å². The number of nitrogens with one attached hydrogen (secondary N) is 1. The monoisotopic (exact) mass is 415 g/mol. The van der Waals surface area contributed by atoms with Gasteiger partial charge >= 0.3 is 5.97 Å². The number of halogens is 1. The summed E-state index contributed by atoms with van der Waals surface area (Å²) in [4.78, 5) is 33.1. The maximum atomic E-state index is 12.6. The van der Waals surface area contributed by atoms with Crippen molar-refractivity contribution < 1.29 is 14.3 Å². The van der Waals surface area contributed by atoms with Crippen molar-refractivity contribution in [1.82, 2.24) is 15.3 Å². The van der Waals surface area contributed by atoms with E-state index < -0.39 is 12.0 Å². The summed E-state index contributed by atoms with van der Waals surface area (Å²) in [5.41, 5.74) is 2.06. The van der Waals surface area contributed by atoms with Gasteiger partial charge in [-0.3, -0.25) is 14.6 Å². The van der Waals surface area contributed by atoms with Crippen LogP contribution in [0.4, 0.5) is 0 Å². The van der Waals surface area contributed by atoms with Crippen LogP contribution in [0, 0.1) is 0 Å². The third-order valence-corrected chi connectivity index (χ3v) is 5.25. The Bertz CT molecular complexity index is 962. The van der Waals surface area contributed by atoms with Crippen LogP contribution < -0.4 is 5.32 Å². The van der Waals surface area contributed by atoms with E-state index in [1.54, 1.807) is 30.5 Å². The van der Waals surface area contributed by atoms with Crippen molar-refractivity contribution in [2.24, 2.45) is 0 Å². The number of ether oxygens (including phenoxy) is 1. The van der Waals surface area contributed by atoms with Gasteiger partial charge in [0, 0.05) is 16.6 Å². The van der Waals surface area contributed by atoms with Crippen molar-refractivity contribution >= 4 is 34.8 Å². The minimum Gasteiger partial charge on any atom is -0.469 e. The molecule has 0 saturated heterocycles. The van der Waals surface area contributed by atoms with Gasteiger partial charge in [-0.1, -0.05) is 35.9 Å². The second-order valence-electron chi connectivity index (χ2n) is 5.96. The van der Waals surface area contributed by atoms with Crippen LogP contribution in [0.15, 0.2) is 54.0 Å². The highest BCUT2D eigenvalue weighted by Crippen LogP contribution is 2.26. The summed E-state index contributed by atoms with van der Waals surface area (Å²) in [5, 5.41) is 5.91. The van der Waals surface area contributed by atoms with Gasteiger partial charge in [-0.25, -0.2) is 4.98 Å². The highest BCUT2D eigenvalue weighted by atomic mass is 35.5. The van der Waals surface area contributed by atoms with Gasteiger partial charge in [0.15, 0.2) is 0 Å². The molecule has 28 heavy (non-hydrogen) atoms. The summed E-state index contributed by atoms with van der Waals surface area (Å²) in [5.74, 6) is -0.692. The van der Waals surface area contributed by atoms with E-state index in [1.807, 2.05) is 23.6 Å². The number of benzene rings is 1. The van der Waals surface area contributed by atoms with E-state index in [4.69, 9.17) is 16.3 Å². The predicted octanol–water partition coefficient (Wildman–Crippen LogP) is 3.82. The maximum Gasteiger partial charge on any atom is 0.307 e. The number of aromatic nitrogens is 2. The first-order chi connectivity index (χ1) is 13.6. The van der Waals surface area contributed by atoms with Gasteiger partial charge in [-0.05, 0) is 23.8 Å². The standard InChI is InChI=1S/C20H18ClN3O3S/c1-27-19(26)11-17(14-6-2-3-7-15(14)21)24-18(25)10-13-12-28-20(23-13)16-8-4-5-9-22-16/h2-9,12,17H,10-11H2,1H3,(H,24,25). The molecule has 1 aromatic carbocycles. The Morgan fingerprint density at radius 2 is 2.00 bits per heavy atom. The molecule has 0 aliphatic rings. The Labute approximate surface area is 171 Å². The number of pyridine rings is 1. The molecule has 0 aliphatic carbocycles. The normalized spacial score (nSPS) is 11.6. The summed E-state index contributed by atoms with van der Waals surface area (Å²) < 4.78 is 4.74. The number of nitrogens with zero attached hydrogens (tertiary/aromatic N) is 2. The first-order valence-corrected chi connectivity index (χ1v) is 9.79. The molecule has 2 aromatic heterocycles. The molecule has 1 N–H and O–H groups in total. The number of amides is 1. The van der Waals surface area contributed by atoms with E-state index in [0.717, 1.165) is 10.7 Å². The Kier molecular flexibility index (Phi) is 6.73. The zero-order valence-corrected chi connectivity index (χ0v) is 16.7. The summed E-state index contributed by atoms with van der Waals surface area (Å²) in [6.07, 6.45) is 1.78. The molecule has 1 unspecified atom stereocenters. The van der Waals surface area contributed by atoms with Crippen molar-refractivity contribution in [3.63, 3.8) is 0 Å². The van der Waals surface area contributed by atoms with Gasteiger partial charge in [-0.2, -0.15) is 0 Å². The maximum absolute atomic E-state index is 12.6. The molecule has 144 valence electrons. The Morgan fingerprint density at radius 3 is 2.71 bits per heavy atom. The van der Waals surface area contributed by atoms with Crippen LogP contribution in [0.1, 0.15) is 23.7 Å². The molecule has 0 radical (unpaired) electrons. The molecule has 6 nitrogen and oxygen atoms in total. The minimum atomic E-state index is -0.581. The third kappa shape index (κ3) is 5.15. The molecule has 2 heterocycles. The quantitative estimate of drug-likeness (QED) is 0.593. The lowest BCUT2D eigenvalue weighted by Crippen LogP contribution is -2.31. The number of carbonyl (C=O) groups excluding carboxylic acids is 2. The van der Waals surface area contributed by atoms with E-state index in [-0.39, 0.29) is 18.7 Å². The van der Waals surface area contributed by atoms with E-state index in [2.05, 4.69) is 15.3 Å². The molecular weight excluding hydrogens is 398 g/mol. The number of esters is 1. The molecule has 1 amide bonds. The van der Waals surface area contributed by atoms with Crippen molar-refractivity contribution in [2.75, 3.05) is 7.11 Å². The van der Waals surface area contributed by atoms with E-state index >= 15 is 0 Å². The molecule has 0 bridgehead atoms. The lowest BCUT2D eigenvalue weighted by Gasteiger charge is -2.19. The minimum absolute atomic E-state index is 0.0117. The SMILES string of the molecule is COC(=O)CC(NC(=O)Cc1csc(-c2ccccn2)n1)c1ccccc1Cl. The smallest absolute Gasteiger partial charge is 0.307 e. The van der Waals surface area contributed by atoms with E-state index in [0.29, 0.717) is 16.3 Å². The van der Waals surface area contributed by atoms with Crippen LogP contribution in [-0.4, -0.2) is 29.0 Å². The first kappa shape index (κ1) is 20.0. The fourth-order valence-electron chi connectivity index (χ4n) is 2.65. The average Bonchev–Trinajstić information content (AvgIpc) is 3.16. The van der Waals surface area contributed by atoms with Crippen LogP contribution in [-0.2, 0) is 20.7 Å². The van der Waals surface area contributed by atoms with Crippen molar-refractivity contribution in [3.05, 3.63) is 70.3 Å². The molecule has 0 aliphatic heterocycles. The van der Waals surface area contributed by atoms with Gasteiger partial charge in [0.2, 0.25) is 5.91 Å². The third-order valence-electron chi connectivity index (χ3n) is 3.99. The largest absolute Gasteiger partial charge is 0.469 e. The van der Waals surface area contributed by atoms with Crippen molar-refractivity contribution in [2.45, 2.75) is 18.9 Å². The first-order valence-electron chi connectivity index (χ1n) is 8.53. The number of hydrogen-bond acceptors (Lipinski definition) is 6. The molecule has 1 atom stereocenters. The number of rotatable bonds is 7. The fraction of sp³-hybridized carbons (Fsp3) is 0.200. The molecule has 8 heteroatoms. The predicted molar refractivity (Wildman–Crippen MR) is 108 cm³/mol. The van der Waals surface area contributed by atoms with Gasteiger partial charge in [-0.15, -0.1) is 11.3 Å². The number of methoxy groups -OCH3 is 1. The molecule has 0 saturated carbocycles. The van der Waals surface area contributed by atoms with Crippen molar-refractivity contribution in [3.8, 4) is 10.7 Å². The summed E-state index contributed by atoms with van der Waals surface area (Å²) in [6.45, 7) is 0.